The molecule has 0 aliphatic carbocycles. The molecule has 140 valence electrons. The summed E-state index contributed by atoms with van der Waals surface area (Å²) >= 11 is 3.34. The van der Waals surface area contributed by atoms with Crippen LogP contribution in [-0.2, 0) is 21.2 Å². The summed E-state index contributed by atoms with van der Waals surface area (Å²) in [4.78, 5) is 12.5. The van der Waals surface area contributed by atoms with Crippen molar-refractivity contribution in [2.75, 3.05) is 17.1 Å². The Bertz CT molecular complexity index is 867. The molecule has 1 N–H and O–H groups in total. The number of amides is 1. The van der Waals surface area contributed by atoms with Gasteiger partial charge in [-0.2, -0.15) is 0 Å². The maximum atomic E-state index is 12.5. The van der Waals surface area contributed by atoms with Gasteiger partial charge in [-0.15, -0.1) is 0 Å². The number of sulfonamides is 1. The van der Waals surface area contributed by atoms with Crippen molar-refractivity contribution in [2.24, 2.45) is 0 Å². The number of aryl methyl sites for hydroxylation is 1. The first-order chi connectivity index (χ1) is 12.2. The predicted octanol–water partition coefficient (Wildman–Crippen LogP) is 3.65. The van der Waals surface area contributed by atoms with Gasteiger partial charge in [0.25, 0.3) is 0 Å². The number of halogens is 1. The summed E-state index contributed by atoms with van der Waals surface area (Å²) in [5, 5.41) is 2.87. The van der Waals surface area contributed by atoms with Crippen LogP contribution < -0.4 is 9.62 Å². The lowest BCUT2D eigenvalue weighted by Crippen LogP contribution is -2.41. The van der Waals surface area contributed by atoms with Crippen molar-refractivity contribution in [2.45, 2.75) is 26.3 Å². The third-order valence-electron chi connectivity index (χ3n) is 4.07. The second-order valence-corrected chi connectivity index (χ2v) is 8.87. The summed E-state index contributed by atoms with van der Waals surface area (Å²) in [5.74, 6) is -0.363. The van der Waals surface area contributed by atoms with Crippen LogP contribution in [-0.4, -0.2) is 27.1 Å². The number of carbonyl (C=O) groups excluding carboxylic acids is 1. The summed E-state index contributed by atoms with van der Waals surface area (Å²) in [6, 6.07) is 14.7. The molecule has 0 aliphatic rings. The Balaban J connectivity index is 2.13. The molecule has 0 saturated carbocycles. The molecule has 2 aromatic carbocycles. The highest BCUT2D eigenvalue weighted by Gasteiger charge is 2.23. The standard InChI is InChI=1S/C19H23BrN2O3S/c1-4-15-9-11-16(12-10-15)14(2)21-19(23)13-22(26(3,24)25)18-8-6-5-7-17(18)20/h5-12,14H,4,13H2,1-3H3,(H,21,23)/t14-/m0/s1. The van der Waals surface area contributed by atoms with Crippen LogP contribution in [0.4, 0.5) is 5.69 Å². The summed E-state index contributed by atoms with van der Waals surface area (Å²) < 4.78 is 26.1. The van der Waals surface area contributed by atoms with E-state index in [0.29, 0.717) is 10.2 Å². The van der Waals surface area contributed by atoms with Crippen molar-refractivity contribution >= 4 is 37.5 Å². The lowest BCUT2D eigenvalue weighted by atomic mass is 10.1. The SMILES string of the molecule is CCc1ccc([C@H](C)NC(=O)CN(c2ccccc2Br)S(C)(=O)=O)cc1. The van der Waals surface area contributed by atoms with Gasteiger partial charge in [-0.3, -0.25) is 9.10 Å². The number of hydrogen-bond acceptors (Lipinski definition) is 3. The van der Waals surface area contributed by atoms with E-state index >= 15 is 0 Å². The first-order valence-corrected chi connectivity index (χ1v) is 11.0. The van der Waals surface area contributed by atoms with Crippen molar-refractivity contribution in [1.29, 1.82) is 0 Å². The second-order valence-electron chi connectivity index (χ2n) is 6.11. The molecule has 1 amide bonds. The zero-order valence-electron chi connectivity index (χ0n) is 15.1. The van der Waals surface area contributed by atoms with Crippen molar-refractivity contribution in [3.8, 4) is 0 Å². The van der Waals surface area contributed by atoms with Crippen LogP contribution in [0.15, 0.2) is 53.0 Å². The highest BCUT2D eigenvalue weighted by atomic mass is 79.9. The summed E-state index contributed by atoms with van der Waals surface area (Å²) in [5.41, 5.74) is 2.64. The molecule has 0 aliphatic heterocycles. The minimum atomic E-state index is -3.60. The summed E-state index contributed by atoms with van der Waals surface area (Å²) in [6.45, 7) is 3.68. The number of carbonyl (C=O) groups is 1. The molecule has 26 heavy (non-hydrogen) atoms. The average molecular weight is 439 g/mol. The van der Waals surface area contributed by atoms with E-state index in [9.17, 15) is 13.2 Å². The normalized spacial score (nSPS) is 12.5. The fourth-order valence-corrected chi connectivity index (χ4v) is 4.06. The lowest BCUT2D eigenvalue weighted by Gasteiger charge is -2.24. The number of anilines is 1. The Hall–Kier alpha value is -1.86. The molecule has 1 atom stereocenters. The molecule has 0 spiro atoms. The molecule has 0 radical (unpaired) electrons. The van der Waals surface area contributed by atoms with Crippen LogP contribution in [0.2, 0.25) is 0 Å². The van der Waals surface area contributed by atoms with E-state index in [0.717, 1.165) is 22.5 Å². The van der Waals surface area contributed by atoms with Crippen LogP contribution in [0.1, 0.15) is 31.0 Å². The van der Waals surface area contributed by atoms with Gasteiger partial charge in [-0.1, -0.05) is 43.3 Å². The Morgan fingerprint density at radius 3 is 2.31 bits per heavy atom. The Kier molecular flexibility index (Phi) is 6.83. The molecule has 0 fully saturated rings. The molecule has 0 bridgehead atoms. The Morgan fingerprint density at radius 2 is 1.77 bits per heavy atom. The highest BCUT2D eigenvalue weighted by Crippen LogP contribution is 2.27. The molecule has 7 heteroatoms. The van der Waals surface area contributed by atoms with Gasteiger partial charge in [0.2, 0.25) is 15.9 Å². The monoisotopic (exact) mass is 438 g/mol. The Morgan fingerprint density at radius 1 is 1.15 bits per heavy atom. The highest BCUT2D eigenvalue weighted by molar-refractivity contribution is 9.10. The van der Waals surface area contributed by atoms with E-state index < -0.39 is 10.0 Å². The number of hydrogen-bond donors (Lipinski definition) is 1. The molecule has 0 unspecified atom stereocenters. The topological polar surface area (TPSA) is 66.5 Å². The van der Waals surface area contributed by atoms with Gasteiger partial charge in [0.05, 0.1) is 18.0 Å². The molecule has 5 nitrogen and oxygen atoms in total. The van der Waals surface area contributed by atoms with Crippen LogP contribution in [0, 0.1) is 0 Å². The fourth-order valence-electron chi connectivity index (χ4n) is 2.58. The van der Waals surface area contributed by atoms with Crippen LogP contribution >= 0.6 is 15.9 Å². The molecular weight excluding hydrogens is 416 g/mol. The first kappa shape index (κ1) is 20.5. The first-order valence-electron chi connectivity index (χ1n) is 8.32. The van der Waals surface area contributed by atoms with E-state index in [2.05, 4.69) is 28.2 Å². The maximum Gasteiger partial charge on any atom is 0.241 e. The van der Waals surface area contributed by atoms with E-state index in [-0.39, 0.29) is 18.5 Å². The number of benzene rings is 2. The summed E-state index contributed by atoms with van der Waals surface area (Å²) in [7, 11) is -3.60. The third-order valence-corrected chi connectivity index (χ3v) is 5.87. The quantitative estimate of drug-likeness (QED) is 0.716. The Labute approximate surface area is 163 Å². The molecule has 2 rings (SSSR count). The molecule has 0 aromatic heterocycles. The smallest absolute Gasteiger partial charge is 0.241 e. The lowest BCUT2D eigenvalue weighted by molar-refractivity contribution is -0.120. The fraction of sp³-hybridized carbons (Fsp3) is 0.316. The van der Waals surface area contributed by atoms with Crippen LogP contribution in [0.25, 0.3) is 0 Å². The van der Waals surface area contributed by atoms with E-state index in [1.807, 2.05) is 31.2 Å². The largest absolute Gasteiger partial charge is 0.348 e. The van der Waals surface area contributed by atoms with Gasteiger partial charge >= 0.3 is 0 Å². The number of nitrogens with one attached hydrogen (secondary N) is 1. The average Bonchev–Trinajstić information content (AvgIpc) is 2.59. The van der Waals surface area contributed by atoms with Gasteiger partial charge in [0, 0.05) is 4.47 Å². The van der Waals surface area contributed by atoms with Crippen molar-refractivity contribution in [3.63, 3.8) is 0 Å². The zero-order valence-corrected chi connectivity index (χ0v) is 17.5. The van der Waals surface area contributed by atoms with E-state index in [4.69, 9.17) is 0 Å². The number of nitrogens with zero attached hydrogens (tertiary/aromatic N) is 1. The molecular formula is C19H23BrN2O3S. The number of para-hydroxylation sites is 1. The van der Waals surface area contributed by atoms with E-state index in [1.54, 1.807) is 24.3 Å². The minimum Gasteiger partial charge on any atom is -0.348 e. The summed E-state index contributed by atoms with van der Waals surface area (Å²) in [6.07, 6.45) is 2.04. The zero-order chi connectivity index (χ0) is 19.3. The van der Waals surface area contributed by atoms with Crippen molar-refractivity contribution in [1.82, 2.24) is 5.32 Å². The number of rotatable bonds is 7. The van der Waals surface area contributed by atoms with Gasteiger partial charge in [-0.25, -0.2) is 8.42 Å². The van der Waals surface area contributed by atoms with Crippen LogP contribution in [0.5, 0.6) is 0 Å². The van der Waals surface area contributed by atoms with Crippen molar-refractivity contribution in [3.05, 3.63) is 64.1 Å². The van der Waals surface area contributed by atoms with Gasteiger partial charge in [0.1, 0.15) is 6.54 Å². The van der Waals surface area contributed by atoms with Crippen molar-refractivity contribution < 1.29 is 13.2 Å². The van der Waals surface area contributed by atoms with Gasteiger partial charge in [-0.05, 0) is 52.5 Å². The molecule has 2 aromatic rings. The third kappa shape index (κ3) is 5.32. The molecule has 0 heterocycles. The second kappa shape index (κ2) is 8.68. The minimum absolute atomic E-state index is 0.214. The molecule has 0 saturated heterocycles. The predicted molar refractivity (Wildman–Crippen MR) is 109 cm³/mol. The maximum absolute atomic E-state index is 12.5. The van der Waals surface area contributed by atoms with Crippen LogP contribution in [0.3, 0.4) is 0 Å². The van der Waals surface area contributed by atoms with Gasteiger partial charge in [0.15, 0.2) is 0 Å². The van der Waals surface area contributed by atoms with E-state index in [1.165, 1.54) is 5.56 Å². The van der Waals surface area contributed by atoms with Gasteiger partial charge < -0.3 is 5.32 Å².